The summed E-state index contributed by atoms with van der Waals surface area (Å²) in [6, 6.07) is 1.95. The number of aromatic nitrogens is 3. The highest BCUT2D eigenvalue weighted by atomic mass is 79.9. The molecule has 0 atom stereocenters. The lowest BCUT2D eigenvalue weighted by Gasteiger charge is -2.08. The first-order valence-corrected chi connectivity index (χ1v) is 6.06. The Hall–Kier alpha value is -1.33. The summed E-state index contributed by atoms with van der Waals surface area (Å²) in [6.07, 6.45) is 3.48. The number of halogens is 1. The molecule has 0 fully saturated rings. The summed E-state index contributed by atoms with van der Waals surface area (Å²) in [4.78, 5) is 13.0. The van der Waals surface area contributed by atoms with E-state index in [1.54, 1.807) is 12.4 Å². The molecule has 0 radical (unpaired) electrons. The van der Waals surface area contributed by atoms with E-state index in [2.05, 4.69) is 30.9 Å². The molecule has 5 heteroatoms. The van der Waals surface area contributed by atoms with Gasteiger partial charge in [0.25, 0.3) is 0 Å². The molecule has 0 aromatic carbocycles. The largest absolute Gasteiger partial charge is 0.326 e. The Balaban J connectivity index is 2.54. The lowest BCUT2D eigenvalue weighted by Crippen LogP contribution is -2.07. The molecule has 0 amide bonds. The number of hydrogen-bond acceptors (Lipinski definition) is 4. The zero-order valence-electron chi connectivity index (χ0n) is 9.74. The average Bonchev–Trinajstić information content (AvgIpc) is 2.28. The van der Waals surface area contributed by atoms with E-state index in [4.69, 9.17) is 5.73 Å². The van der Waals surface area contributed by atoms with Crippen LogP contribution in [0.2, 0.25) is 0 Å². The van der Waals surface area contributed by atoms with Gasteiger partial charge in [-0.2, -0.15) is 0 Å². The molecule has 0 bridgehead atoms. The zero-order chi connectivity index (χ0) is 12.4. The molecule has 88 valence electrons. The van der Waals surface area contributed by atoms with Crippen LogP contribution in [0.1, 0.15) is 17.0 Å². The molecule has 0 spiro atoms. The standard InChI is InChI=1S/C12H13BrN4/c1-7-11(4-14)8(2)17-12(16-7)9-3-10(13)6-15-5-9/h3,5-6H,4,14H2,1-2H3. The van der Waals surface area contributed by atoms with E-state index >= 15 is 0 Å². The van der Waals surface area contributed by atoms with Crippen molar-refractivity contribution in [3.8, 4) is 11.4 Å². The summed E-state index contributed by atoms with van der Waals surface area (Å²) >= 11 is 3.39. The fourth-order valence-electron chi connectivity index (χ4n) is 1.70. The highest BCUT2D eigenvalue weighted by Gasteiger charge is 2.09. The molecule has 17 heavy (non-hydrogen) atoms. The fraction of sp³-hybridized carbons (Fsp3) is 0.250. The van der Waals surface area contributed by atoms with Gasteiger partial charge in [-0.15, -0.1) is 0 Å². The van der Waals surface area contributed by atoms with Gasteiger partial charge in [-0.1, -0.05) is 0 Å². The Morgan fingerprint density at radius 1 is 1.18 bits per heavy atom. The second kappa shape index (κ2) is 4.89. The Morgan fingerprint density at radius 3 is 2.35 bits per heavy atom. The van der Waals surface area contributed by atoms with Gasteiger partial charge in [0.05, 0.1) is 0 Å². The SMILES string of the molecule is Cc1nc(-c2cncc(Br)c2)nc(C)c1CN. The van der Waals surface area contributed by atoms with Crippen molar-refractivity contribution < 1.29 is 0 Å². The molecule has 0 unspecified atom stereocenters. The molecule has 0 aliphatic rings. The number of pyridine rings is 1. The summed E-state index contributed by atoms with van der Waals surface area (Å²) in [5.41, 5.74) is 9.42. The van der Waals surface area contributed by atoms with Crippen LogP contribution < -0.4 is 5.73 Å². The maximum Gasteiger partial charge on any atom is 0.161 e. The Labute approximate surface area is 108 Å². The number of aryl methyl sites for hydroxylation is 2. The summed E-state index contributed by atoms with van der Waals surface area (Å²) in [5.74, 6) is 0.686. The maximum absolute atomic E-state index is 5.66. The molecule has 2 aromatic heterocycles. The maximum atomic E-state index is 5.66. The van der Waals surface area contributed by atoms with E-state index in [-0.39, 0.29) is 0 Å². The first-order valence-electron chi connectivity index (χ1n) is 5.27. The van der Waals surface area contributed by atoms with Crippen LogP contribution in [0, 0.1) is 13.8 Å². The number of rotatable bonds is 2. The third-order valence-electron chi connectivity index (χ3n) is 2.59. The van der Waals surface area contributed by atoms with E-state index in [9.17, 15) is 0 Å². The van der Waals surface area contributed by atoms with Gasteiger partial charge in [0.1, 0.15) is 0 Å². The predicted molar refractivity (Wildman–Crippen MR) is 70.3 cm³/mol. The second-order valence-electron chi connectivity index (χ2n) is 3.79. The molecule has 2 heterocycles. The van der Waals surface area contributed by atoms with Crippen LogP contribution in [0.5, 0.6) is 0 Å². The quantitative estimate of drug-likeness (QED) is 0.923. The van der Waals surface area contributed by atoms with Crippen LogP contribution in [-0.2, 0) is 6.54 Å². The van der Waals surface area contributed by atoms with E-state index in [1.807, 2.05) is 19.9 Å². The molecule has 0 aliphatic carbocycles. The summed E-state index contributed by atoms with van der Waals surface area (Å²) < 4.78 is 0.914. The number of nitrogens with two attached hydrogens (primary N) is 1. The van der Waals surface area contributed by atoms with E-state index < -0.39 is 0 Å². The van der Waals surface area contributed by atoms with Gasteiger partial charge >= 0.3 is 0 Å². The molecule has 0 aliphatic heterocycles. The first kappa shape index (κ1) is 12.1. The monoisotopic (exact) mass is 292 g/mol. The Kier molecular flexibility index (Phi) is 3.49. The molecule has 0 saturated heterocycles. The van der Waals surface area contributed by atoms with Crippen LogP contribution in [0.15, 0.2) is 22.9 Å². The molecule has 0 saturated carbocycles. The molecule has 2 N–H and O–H groups in total. The lowest BCUT2D eigenvalue weighted by atomic mass is 10.1. The summed E-state index contributed by atoms with van der Waals surface area (Å²) in [6.45, 7) is 4.37. The molecule has 2 rings (SSSR count). The van der Waals surface area contributed by atoms with Crippen molar-refractivity contribution in [2.24, 2.45) is 5.73 Å². The van der Waals surface area contributed by atoms with Crippen molar-refractivity contribution in [2.45, 2.75) is 20.4 Å². The number of hydrogen-bond donors (Lipinski definition) is 1. The van der Waals surface area contributed by atoms with Crippen molar-refractivity contribution >= 4 is 15.9 Å². The molecular formula is C12H13BrN4. The third kappa shape index (κ3) is 2.50. The van der Waals surface area contributed by atoms with Gasteiger partial charge in [-0.25, -0.2) is 9.97 Å². The fourth-order valence-corrected chi connectivity index (χ4v) is 2.06. The van der Waals surface area contributed by atoms with Crippen molar-refractivity contribution in [3.05, 3.63) is 39.9 Å². The van der Waals surface area contributed by atoms with Crippen LogP contribution in [0.3, 0.4) is 0 Å². The molecular weight excluding hydrogens is 280 g/mol. The number of nitrogens with zero attached hydrogens (tertiary/aromatic N) is 3. The minimum atomic E-state index is 0.467. The minimum absolute atomic E-state index is 0.467. The van der Waals surface area contributed by atoms with Crippen molar-refractivity contribution in [2.75, 3.05) is 0 Å². The van der Waals surface area contributed by atoms with Gasteiger partial charge in [-0.05, 0) is 35.8 Å². The van der Waals surface area contributed by atoms with Crippen LogP contribution in [-0.4, -0.2) is 15.0 Å². The van der Waals surface area contributed by atoms with Crippen LogP contribution in [0.25, 0.3) is 11.4 Å². The Morgan fingerprint density at radius 2 is 1.82 bits per heavy atom. The minimum Gasteiger partial charge on any atom is -0.326 e. The van der Waals surface area contributed by atoms with Crippen molar-refractivity contribution in [1.29, 1.82) is 0 Å². The van der Waals surface area contributed by atoms with E-state index in [0.717, 1.165) is 27.0 Å². The topological polar surface area (TPSA) is 64.7 Å². The Bertz CT molecular complexity index is 531. The van der Waals surface area contributed by atoms with Gasteiger partial charge in [-0.3, -0.25) is 4.98 Å². The second-order valence-corrected chi connectivity index (χ2v) is 4.71. The normalized spacial score (nSPS) is 10.6. The third-order valence-corrected chi connectivity index (χ3v) is 3.02. The highest BCUT2D eigenvalue weighted by Crippen LogP contribution is 2.20. The first-order chi connectivity index (χ1) is 8.11. The van der Waals surface area contributed by atoms with E-state index in [1.165, 1.54) is 0 Å². The van der Waals surface area contributed by atoms with Crippen LogP contribution in [0.4, 0.5) is 0 Å². The van der Waals surface area contributed by atoms with Gasteiger partial charge in [0, 0.05) is 45.9 Å². The van der Waals surface area contributed by atoms with Gasteiger partial charge < -0.3 is 5.73 Å². The van der Waals surface area contributed by atoms with E-state index in [0.29, 0.717) is 12.4 Å². The average molecular weight is 293 g/mol. The van der Waals surface area contributed by atoms with Gasteiger partial charge in [0.15, 0.2) is 5.82 Å². The summed E-state index contributed by atoms with van der Waals surface area (Å²) in [7, 11) is 0. The zero-order valence-corrected chi connectivity index (χ0v) is 11.3. The highest BCUT2D eigenvalue weighted by molar-refractivity contribution is 9.10. The lowest BCUT2D eigenvalue weighted by molar-refractivity contribution is 0.938. The van der Waals surface area contributed by atoms with Gasteiger partial charge in [0.2, 0.25) is 0 Å². The van der Waals surface area contributed by atoms with Crippen LogP contribution >= 0.6 is 15.9 Å². The van der Waals surface area contributed by atoms with Crippen molar-refractivity contribution in [3.63, 3.8) is 0 Å². The molecule has 4 nitrogen and oxygen atoms in total. The molecule has 2 aromatic rings. The smallest absolute Gasteiger partial charge is 0.161 e. The summed E-state index contributed by atoms with van der Waals surface area (Å²) in [5, 5.41) is 0. The predicted octanol–water partition coefficient (Wildman–Crippen LogP) is 2.38. The van der Waals surface area contributed by atoms with Crippen molar-refractivity contribution in [1.82, 2.24) is 15.0 Å².